The molecule has 2 N–H and O–H groups in total. The Balaban J connectivity index is 0. The second-order valence-corrected chi connectivity index (χ2v) is 1.55. The predicted molar refractivity (Wildman–Crippen MR) is 23.1 cm³/mol. The van der Waals surface area contributed by atoms with Crippen molar-refractivity contribution >= 4 is 22.0 Å². The first-order chi connectivity index (χ1) is 3.41. The Morgan fingerprint density at radius 1 is 1.12 bits per heavy atom. The lowest BCUT2D eigenvalue weighted by molar-refractivity contribution is 0.381. The van der Waals surface area contributed by atoms with Crippen LogP contribution in [0.25, 0.3) is 0 Å². The third kappa shape index (κ3) is 1300. The molecule has 0 fully saturated rings. The van der Waals surface area contributed by atoms with Gasteiger partial charge in [0.1, 0.15) is 0 Å². The summed E-state index contributed by atoms with van der Waals surface area (Å²) in [7, 11) is -4.67. The van der Waals surface area contributed by atoms with Gasteiger partial charge in [-0.05, 0) is 0 Å². The second kappa shape index (κ2) is 4.84. The van der Waals surface area contributed by atoms with Crippen LogP contribution in [0.15, 0.2) is 0 Å². The van der Waals surface area contributed by atoms with E-state index < -0.39 is 22.0 Å². The summed E-state index contributed by atoms with van der Waals surface area (Å²) in [5.74, 6) is 0. The van der Waals surface area contributed by atoms with Crippen LogP contribution >= 0.6 is 0 Å². The molecular formula is H2O6S2. The minimum absolute atomic E-state index is 0.750. The van der Waals surface area contributed by atoms with E-state index in [0.717, 1.165) is 0 Å². The smallest absolute Gasteiger partial charge is 0.264 e. The van der Waals surface area contributed by atoms with Gasteiger partial charge in [0.15, 0.2) is 0 Å². The SMILES string of the molecule is O=S(=O)(O)O.O=S=O. The first-order valence-corrected chi connectivity index (χ1v) is 3.10. The molecular weight excluding hydrogens is 160 g/mol. The lowest BCUT2D eigenvalue weighted by atomic mass is 15.8. The van der Waals surface area contributed by atoms with Gasteiger partial charge >= 0.3 is 22.0 Å². The lowest BCUT2D eigenvalue weighted by Crippen LogP contribution is -1.89. The molecule has 0 aromatic heterocycles. The van der Waals surface area contributed by atoms with Crippen molar-refractivity contribution in [1.82, 2.24) is 0 Å². The molecule has 0 bridgehead atoms. The van der Waals surface area contributed by atoms with E-state index in [4.69, 9.17) is 25.9 Å². The standard InChI is InChI=1S/H2O4S.O2S/c1-5(2,3)4;1-3-2/h(H2,1,2,3,4);. The van der Waals surface area contributed by atoms with Crippen LogP contribution in [0.1, 0.15) is 0 Å². The van der Waals surface area contributed by atoms with Gasteiger partial charge in [0.05, 0.1) is 0 Å². The van der Waals surface area contributed by atoms with E-state index in [0.29, 0.717) is 0 Å². The summed E-state index contributed by atoms with van der Waals surface area (Å²) in [4.78, 5) is 0. The van der Waals surface area contributed by atoms with Crippen LogP contribution in [0.3, 0.4) is 0 Å². The van der Waals surface area contributed by atoms with Crippen LogP contribution in [-0.4, -0.2) is 25.9 Å². The molecule has 0 radical (unpaired) electrons. The summed E-state index contributed by atoms with van der Waals surface area (Å²) in [6.07, 6.45) is 0. The maximum atomic E-state index is 8.74. The number of hydrogen-bond acceptors (Lipinski definition) is 4. The summed E-state index contributed by atoms with van der Waals surface area (Å²) in [6.45, 7) is 0. The summed E-state index contributed by atoms with van der Waals surface area (Å²) in [5, 5.41) is 0. The molecule has 0 amide bonds. The van der Waals surface area contributed by atoms with E-state index >= 15 is 0 Å². The van der Waals surface area contributed by atoms with Gasteiger partial charge in [0.25, 0.3) is 0 Å². The summed E-state index contributed by atoms with van der Waals surface area (Å²) >= 11 is -0.750. The molecule has 0 saturated carbocycles. The van der Waals surface area contributed by atoms with Crippen molar-refractivity contribution in [2.75, 3.05) is 0 Å². The lowest BCUT2D eigenvalue weighted by Gasteiger charge is -1.68. The average molecular weight is 162 g/mol. The Bertz CT molecular complexity index is 147. The van der Waals surface area contributed by atoms with Crippen molar-refractivity contribution in [3.8, 4) is 0 Å². The van der Waals surface area contributed by atoms with Crippen LogP contribution in [0.4, 0.5) is 0 Å². The Labute approximate surface area is 48.7 Å². The molecule has 0 aliphatic heterocycles. The molecule has 0 rings (SSSR count). The zero-order valence-corrected chi connectivity index (χ0v) is 4.98. The highest BCUT2D eigenvalue weighted by Gasteiger charge is 1.84. The predicted octanol–water partition coefficient (Wildman–Crippen LogP) is -1.32. The molecule has 0 aromatic carbocycles. The van der Waals surface area contributed by atoms with E-state index in [-0.39, 0.29) is 0 Å². The first-order valence-electron chi connectivity index (χ1n) is 1.03. The number of hydrogen-bond donors (Lipinski definition) is 2. The van der Waals surface area contributed by atoms with E-state index in [1.807, 2.05) is 0 Å². The second-order valence-electron chi connectivity index (χ2n) is 0.516. The maximum absolute atomic E-state index is 8.74. The Hall–Kier alpha value is -0.310. The monoisotopic (exact) mass is 162 g/mol. The molecule has 0 atom stereocenters. The zero-order valence-electron chi connectivity index (χ0n) is 3.34. The summed E-state index contributed by atoms with van der Waals surface area (Å²) < 4.78 is 48.2. The van der Waals surface area contributed by atoms with Crippen molar-refractivity contribution in [3.05, 3.63) is 0 Å². The minimum Gasteiger partial charge on any atom is -0.264 e. The van der Waals surface area contributed by atoms with E-state index in [2.05, 4.69) is 0 Å². The molecule has 0 heterocycles. The molecule has 0 aliphatic rings. The van der Waals surface area contributed by atoms with E-state index in [9.17, 15) is 0 Å². The molecule has 8 heavy (non-hydrogen) atoms. The van der Waals surface area contributed by atoms with Crippen molar-refractivity contribution in [3.63, 3.8) is 0 Å². The zero-order chi connectivity index (χ0) is 7.21. The largest absolute Gasteiger partial charge is 0.394 e. The Morgan fingerprint density at radius 3 is 1.12 bits per heavy atom. The Morgan fingerprint density at radius 2 is 1.12 bits per heavy atom. The highest BCUT2D eigenvalue weighted by Crippen LogP contribution is 1.59. The average Bonchev–Trinajstić information content (AvgIpc) is 1.27. The minimum atomic E-state index is -4.67. The molecule has 0 saturated heterocycles. The van der Waals surface area contributed by atoms with Crippen LogP contribution in [0.5, 0.6) is 0 Å². The van der Waals surface area contributed by atoms with E-state index in [1.165, 1.54) is 0 Å². The molecule has 6 nitrogen and oxygen atoms in total. The fourth-order valence-electron chi connectivity index (χ4n) is 0. The van der Waals surface area contributed by atoms with Crippen LogP contribution in [-0.2, 0) is 22.0 Å². The number of rotatable bonds is 0. The molecule has 8 heteroatoms. The van der Waals surface area contributed by atoms with Gasteiger partial charge in [0, 0.05) is 0 Å². The van der Waals surface area contributed by atoms with Crippen LogP contribution < -0.4 is 0 Å². The molecule has 0 spiro atoms. The van der Waals surface area contributed by atoms with Crippen LogP contribution in [0, 0.1) is 0 Å². The van der Waals surface area contributed by atoms with Gasteiger partial charge in [-0.3, -0.25) is 9.11 Å². The first kappa shape index (κ1) is 10.6. The normalized spacial score (nSPS) is 8.75. The van der Waals surface area contributed by atoms with Gasteiger partial charge in [0.2, 0.25) is 0 Å². The molecule has 50 valence electrons. The summed E-state index contributed by atoms with van der Waals surface area (Å²) in [5.41, 5.74) is 0. The molecule has 0 aromatic rings. The van der Waals surface area contributed by atoms with E-state index in [1.54, 1.807) is 0 Å². The highest BCUT2D eigenvalue weighted by atomic mass is 32.3. The fraction of sp³-hybridized carbons (Fsp3) is 0. The van der Waals surface area contributed by atoms with Gasteiger partial charge in [-0.25, -0.2) is 0 Å². The third-order valence-electron chi connectivity index (χ3n) is 0. The van der Waals surface area contributed by atoms with Gasteiger partial charge in [-0.15, -0.1) is 0 Å². The summed E-state index contributed by atoms with van der Waals surface area (Å²) in [6, 6.07) is 0. The van der Waals surface area contributed by atoms with Crippen molar-refractivity contribution in [2.24, 2.45) is 0 Å². The van der Waals surface area contributed by atoms with Crippen molar-refractivity contribution in [2.45, 2.75) is 0 Å². The topological polar surface area (TPSA) is 109 Å². The van der Waals surface area contributed by atoms with Crippen LogP contribution in [0.2, 0.25) is 0 Å². The van der Waals surface area contributed by atoms with Crippen molar-refractivity contribution in [1.29, 1.82) is 0 Å². The fourth-order valence-corrected chi connectivity index (χ4v) is 0. The molecule has 0 unspecified atom stereocenters. The van der Waals surface area contributed by atoms with Gasteiger partial charge in [-0.2, -0.15) is 16.8 Å². The quantitative estimate of drug-likeness (QED) is 0.427. The third-order valence-corrected chi connectivity index (χ3v) is 0. The maximum Gasteiger partial charge on any atom is 0.394 e. The molecule has 0 aliphatic carbocycles. The van der Waals surface area contributed by atoms with Crippen molar-refractivity contribution < 1.29 is 25.9 Å². The Kier molecular flexibility index (Phi) is 6.43. The van der Waals surface area contributed by atoms with Gasteiger partial charge < -0.3 is 0 Å². The van der Waals surface area contributed by atoms with Gasteiger partial charge in [-0.1, -0.05) is 0 Å². The highest BCUT2D eigenvalue weighted by molar-refractivity contribution is 7.79.